The summed E-state index contributed by atoms with van der Waals surface area (Å²) >= 11 is 5.90. The van der Waals surface area contributed by atoms with Crippen molar-refractivity contribution in [2.75, 3.05) is 5.88 Å². The Kier molecular flexibility index (Phi) is 3.15. The highest BCUT2D eigenvalue weighted by atomic mass is 35.5. The fourth-order valence-electron chi connectivity index (χ4n) is 1.92. The monoisotopic (exact) mass is 238 g/mol. The lowest BCUT2D eigenvalue weighted by molar-refractivity contribution is 0.0848. The van der Waals surface area contributed by atoms with Crippen LogP contribution in [0.5, 0.6) is 0 Å². The van der Waals surface area contributed by atoms with E-state index in [9.17, 15) is 4.79 Å². The van der Waals surface area contributed by atoms with E-state index >= 15 is 0 Å². The maximum absolute atomic E-state index is 12.0. The largest absolute Gasteiger partial charge is 0.344 e. The summed E-state index contributed by atoms with van der Waals surface area (Å²) in [6.07, 6.45) is 4.70. The highest BCUT2D eigenvalue weighted by Crippen LogP contribution is 2.33. The molecule has 1 saturated carbocycles. The smallest absolute Gasteiger partial charge is 0.270 e. The van der Waals surface area contributed by atoms with Crippen LogP contribution in [0.3, 0.4) is 0 Å². The van der Waals surface area contributed by atoms with Gasteiger partial charge in [0.1, 0.15) is 5.69 Å². The fraction of sp³-hybridized carbons (Fsp3) is 0.500. The van der Waals surface area contributed by atoms with Gasteiger partial charge < -0.3 is 5.32 Å². The molecule has 3 nitrogen and oxygen atoms in total. The molecule has 0 radical (unpaired) electrons. The molecule has 0 atom stereocenters. The van der Waals surface area contributed by atoms with Crippen LogP contribution in [-0.2, 0) is 0 Å². The molecule has 1 aromatic heterocycles. The predicted octanol–water partition coefficient (Wildman–Crippen LogP) is 2.28. The number of hydrogen-bond donors (Lipinski definition) is 1. The maximum atomic E-state index is 12.0. The molecule has 1 fully saturated rings. The van der Waals surface area contributed by atoms with Gasteiger partial charge in [-0.25, -0.2) is 0 Å². The van der Waals surface area contributed by atoms with Crippen LogP contribution < -0.4 is 5.32 Å². The molecule has 0 aliphatic heterocycles. The first kappa shape index (κ1) is 11.4. The first-order valence-electron chi connectivity index (χ1n) is 5.47. The van der Waals surface area contributed by atoms with Crippen molar-refractivity contribution in [2.45, 2.75) is 31.7 Å². The number of aromatic nitrogens is 1. The minimum atomic E-state index is -0.192. The van der Waals surface area contributed by atoms with Crippen molar-refractivity contribution in [3.63, 3.8) is 0 Å². The molecule has 16 heavy (non-hydrogen) atoms. The molecule has 0 aromatic carbocycles. The van der Waals surface area contributed by atoms with E-state index in [4.69, 9.17) is 11.6 Å². The van der Waals surface area contributed by atoms with Crippen molar-refractivity contribution in [2.24, 2.45) is 0 Å². The number of rotatable bonds is 3. The van der Waals surface area contributed by atoms with Crippen molar-refractivity contribution in [3.05, 3.63) is 29.6 Å². The number of nitrogens with one attached hydrogen (secondary N) is 1. The van der Waals surface area contributed by atoms with Gasteiger partial charge in [-0.1, -0.05) is 6.07 Å². The number of halogens is 1. The molecule has 0 spiro atoms. The molecule has 1 aliphatic rings. The van der Waals surface area contributed by atoms with Gasteiger partial charge in [0.15, 0.2) is 0 Å². The third-order valence-electron chi connectivity index (χ3n) is 3.17. The first-order chi connectivity index (χ1) is 7.67. The molecule has 86 valence electrons. The van der Waals surface area contributed by atoms with Gasteiger partial charge in [-0.2, -0.15) is 0 Å². The van der Waals surface area contributed by atoms with Gasteiger partial charge in [-0.15, -0.1) is 11.6 Å². The van der Waals surface area contributed by atoms with Crippen LogP contribution in [0.15, 0.2) is 18.3 Å². The molecule has 2 rings (SSSR count). The van der Waals surface area contributed by atoms with Gasteiger partial charge in [0, 0.05) is 12.1 Å². The molecule has 0 unspecified atom stereocenters. The SMILES string of the molecule is Cc1cccnc1C(=O)NC1(CCl)CCC1. The van der Waals surface area contributed by atoms with E-state index < -0.39 is 0 Å². The van der Waals surface area contributed by atoms with Crippen molar-refractivity contribution >= 4 is 17.5 Å². The summed E-state index contributed by atoms with van der Waals surface area (Å²) in [4.78, 5) is 16.1. The number of carbonyl (C=O) groups excluding carboxylic acids is 1. The molecule has 1 aromatic rings. The Hall–Kier alpha value is -1.09. The molecular weight excluding hydrogens is 224 g/mol. The minimum Gasteiger partial charge on any atom is -0.344 e. The zero-order chi connectivity index (χ0) is 11.6. The zero-order valence-electron chi connectivity index (χ0n) is 9.29. The Morgan fingerprint density at radius 2 is 2.38 bits per heavy atom. The van der Waals surface area contributed by atoms with Crippen LogP contribution in [0, 0.1) is 6.92 Å². The molecule has 1 N–H and O–H groups in total. The van der Waals surface area contributed by atoms with Crippen LogP contribution in [0.1, 0.15) is 35.3 Å². The average Bonchev–Trinajstić information content (AvgIpc) is 2.24. The summed E-state index contributed by atoms with van der Waals surface area (Å²) in [6, 6.07) is 3.71. The predicted molar refractivity (Wildman–Crippen MR) is 63.7 cm³/mol. The van der Waals surface area contributed by atoms with Crippen LogP contribution in [0.25, 0.3) is 0 Å². The van der Waals surface area contributed by atoms with E-state index in [0.29, 0.717) is 11.6 Å². The number of alkyl halides is 1. The van der Waals surface area contributed by atoms with Crippen molar-refractivity contribution in [3.8, 4) is 0 Å². The molecule has 1 heterocycles. The lowest BCUT2D eigenvalue weighted by Gasteiger charge is -2.40. The Bertz CT molecular complexity index is 396. The highest BCUT2D eigenvalue weighted by Gasteiger charge is 2.38. The summed E-state index contributed by atoms with van der Waals surface area (Å²) in [5.41, 5.74) is 1.20. The molecule has 1 amide bonds. The molecule has 1 aliphatic carbocycles. The van der Waals surface area contributed by atoms with Crippen LogP contribution in [-0.4, -0.2) is 22.3 Å². The van der Waals surface area contributed by atoms with E-state index in [1.54, 1.807) is 6.20 Å². The summed E-state index contributed by atoms with van der Waals surface area (Å²) in [6.45, 7) is 1.88. The summed E-state index contributed by atoms with van der Waals surface area (Å²) in [7, 11) is 0. The second-order valence-corrected chi connectivity index (χ2v) is 4.66. The van der Waals surface area contributed by atoms with Crippen LogP contribution >= 0.6 is 11.6 Å². The minimum absolute atomic E-state index is 0.113. The number of pyridine rings is 1. The van der Waals surface area contributed by atoms with Gasteiger partial charge >= 0.3 is 0 Å². The number of carbonyl (C=O) groups is 1. The normalized spacial score (nSPS) is 17.6. The lowest BCUT2D eigenvalue weighted by Crippen LogP contribution is -2.55. The Labute approximate surface area is 100 Å². The van der Waals surface area contributed by atoms with Crippen molar-refractivity contribution in [1.82, 2.24) is 10.3 Å². The average molecular weight is 239 g/mol. The van der Waals surface area contributed by atoms with Gasteiger partial charge in [-0.05, 0) is 37.8 Å². The van der Waals surface area contributed by atoms with Crippen LogP contribution in [0.2, 0.25) is 0 Å². The summed E-state index contributed by atoms with van der Waals surface area (Å²) < 4.78 is 0. The molecular formula is C12H15ClN2O. The third-order valence-corrected chi connectivity index (χ3v) is 3.68. The van der Waals surface area contributed by atoms with E-state index in [1.807, 2.05) is 19.1 Å². The van der Waals surface area contributed by atoms with Gasteiger partial charge in [-0.3, -0.25) is 9.78 Å². The van der Waals surface area contributed by atoms with E-state index in [-0.39, 0.29) is 11.4 Å². The number of aryl methyl sites for hydroxylation is 1. The molecule has 4 heteroatoms. The number of amides is 1. The second-order valence-electron chi connectivity index (χ2n) is 4.39. The van der Waals surface area contributed by atoms with Gasteiger partial charge in [0.2, 0.25) is 0 Å². The Morgan fingerprint density at radius 3 is 2.88 bits per heavy atom. The van der Waals surface area contributed by atoms with Crippen LogP contribution in [0.4, 0.5) is 0 Å². The second kappa shape index (κ2) is 4.42. The van der Waals surface area contributed by atoms with Gasteiger partial charge in [0.05, 0.1) is 5.54 Å². The van der Waals surface area contributed by atoms with E-state index in [0.717, 1.165) is 24.8 Å². The summed E-state index contributed by atoms with van der Waals surface area (Å²) in [5, 5.41) is 3.00. The molecule has 0 saturated heterocycles. The highest BCUT2D eigenvalue weighted by molar-refractivity contribution is 6.19. The molecule has 0 bridgehead atoms. The quantitative estimate of drug-likeness (QED) is 0.821. The van der Waals surface area contributed by atoms with Crippen molar-refractivity contribution < 1.29 is 4.79 Å². The first-order valence-corrected chi connectivity index (χ1v) is 6.00. The van der Waals surface area contributed by atoms with E-state index in [2.05, 4.69) is 10.3 Å². The fourth-order valence-corrected chi connectivity index (χ4v) is 2.25. The standard InChI is InChI=1S/C12H15ClN2O/c1-9-4-2-7-14-10(9)11(16)15-12(8-13)5-3-6-12/h2,4,7H,3,5-6,8H2,1H3,(H,15,16). The number of nitrogens with zero attached hydrogens (tertiary/aromatic N) is 1. The van der Waals surface area contributed by atoms with Crippen molar-refractivity contribution in [1.29, 1.82) is 0 Å². The zero-order valence-corrected chi connectivity index (χ0v) is 10.0. The third kappa shape index (κ3) is 2.05. The topological polar surface area (TPSA) is 42.0 Å². The maximum Gasteiger partial charge on any atom is 0.270 e. The Morgan fingerprint density at radius 1 is 1.62 bits per heavy atom. The Balaban J connectivity index is 2.11. The number of hydrogen-bond acceptors (Lipinski definition) is 2. The lowest BCUT2D eigenvalue weighted by atomic mass is 9.78. The summed E-state index contributed by atoms with van der Waals surface area (Å²) in [5.74, 6) is 0.364. The van der Waals surface area contributed by atoms with E-state index in [1.165, 1.54) is 0 Å². The van der Waals surface area contributed by atoms with Gasteiger partial charge in [0.25, 0.3) is 5.91 Å².